The largest absolute Gasteiger partial charge is 0.464 e. The fourth-order valence-electron chi connectivity index (χ4n) is 2.76. The molecule has 1 saturated heterocycles. The molecule has 1 aromatic carbocycles. The fourth-order valence-corrected chi connectivity index (χ4v) is 3.77. The second-order valence-electron chi connectivity index (χ2n) is 5.96. The van der Waals surface area contributed by atoms with Gasteiger partial charge in [-0.05, 0) is 31.2 Å². The van der Waals surface area contributed by atoms with Crippen LogP contribution in [0.5, 0.6) is 5.75 Å². The van der Waals surface area contributed by atoms with Crippen LogP contribution in [-0.2, 0) is 11.2 Å². The number of hydrogen-bond acceptors (Lipinski definition) is 5. The summed E-state index contributed by atoms with van der Waals surface area (Å²) in [6.07, 6.45) is 7.79. The Bertz CT molecular complexity index is 774. The molecule has 2 heterocycles. The van der Waals surface area contributed by atoms with Gasteiger partial charge >= 0.3 is 0 Å². The molecule has 7 heteroatoms. The molecule has 1 atom stereocenters. The Morgan fingerprint density at radius 1 is 1.31 bits per heavy atom. The number of ether oxygens (including phenoxy) is 2. The molecule has 4 nitrogen and oxygen atoms in total. The first-order chi connectivity index (χ1) is 12.6. The maximum atomic E-state index is 12.7. The van der Waals surface area contributed by atoms with E-state index in [1.165, 1.54) is 12.4 Å². The van der Waals surface area contributed by atoms with Crippen LogP contribution in [0.25, 0.3) is 0 Å². The van der Waals surface area contributed by atoms with Gasteiger partial charge in [-0.15, -0.1) is 11.8 Å². The Balaban J connectivity index is 1.80. The molecule has 0 bridgehead atoms. The van der Waals surface area contributed by atoms with Gasteiger partial charge in [-0.1, -0.05) is 29.3 Å². The predicted octanol–water partition coefficient (Wildman–Crippen LogP) is 5.44. The van der Waals surface area contributed by atoms with Crippen molar-refractivity contribution >= 4 is 40.7 Å². The van der Waals surface area contributed by atoms with E-state index in [2.05, 4.69) is 4.98 Å². The van der Waals surface area contributed by atoms with Crippen molar-refractivity contribution in [3.8, 4) is 5.75 Å². The first kappa shape index (κ1) is 19.5. The highest BCUT2D eigenvalue weighted by Gasteiger charge is 2.19. The average molecular weight is 412 g/mol. The number of ketones is 1. The molecule has 2 aromatic rings. The minimum absolute atomic E-state index is 0.0814. The molecule has 0 radical (unpaired) electrons. The van der Waals surface area contributed by atoms with Gasteiger partial charge in [0.1, 0.15) is 5.75 Å². The highest BCUT2D eigenvalue weighted by atomic mass is 35.5. The molecule has 0 aliphatic carbocycles. The van der Waals surface area contributed by atoms with Crippen LogP contribution in [0.3, 0.4) is 0 Å². The van der Waals surface area contributed by atoms with E-state index in [4.69, 9.17) is 32.7 Å². The molecule has 0 N–H and O–H groups in total. The molecule has 1 aliphatic heterocycles. The molecule has 1 unspecified atom stereocenters. The number of benzene rings is 1. The van der Waals surface area contributed by atoms with Crippen LogP contribution in [0.1, 0.15) is 35.2 Å². The fraction of sp³-hybridized carbons (Fsp3) is 0.368. The van der Waals surface area contributed by atoms with Gasteiger partial charge in [-0.3, -0.25) is 9.78 Å². The topological polar surface area (TPSA) is 48.4 Å². The molecular weight excluding hydrogens is 393 g/mol. The first-order valence-corrected chi connectivity index (χ1v) is 10.3. The summed E-state index contributed by atoms with van der Waals surface area (Å²) in [5.74, 6) is 0.587. The molecule has 138 valence electrons. The van der Waals surface area contributed by atoms with Crippen molar-refractivity contribution in [2.24, 2.45) is 0 Å². The zero-order valence-electron chi connectivity index (χ0n) is 14.3. The van der Waals surface area contributed by atoms with Gasteiger partial charge in [0, 0.05) is 41.3 Å². The molecule has 0 saturated carbocycles. The summed E-state index contributed by atoms with van der Waals surface area (Å²) in [6, 6.07) is 5.46. The summed E-state index contributed by atoms with van der Waals surface area (Å²) in [5, 5.41) is 0.775. The van der Waals surface area contributed by atoms with Crippen LogP contribution in [0.4, 0.5) is 0 Å². The Labute approximate surface area is 167 Å². The van der Waals surface area contributed by atoms with E-state index in [-0.39, 0.29) is 18.5 Å². The van der Waals surface area contributed by atoms with Crippen molar-refractivity contribution in [2.45, 2.75) is 36.9 Å². The van der Waals surface area contributed by atoms with Crippen molar-refractivity contribution in [2.75, 3.05) is 12.9 Å². The maximum absolute atomic E-state index is 12.7. The monoisotopic (exact) mass is 411 g/mol. The molecule has 0 amide bonds. The van der Waals surface area contributed by atoms with E-state index in [1.807, 2.05) is 12.3 Å². The Hall–Kier alpha value is -1.27. The summed E-state index contributed by atoms with van der Waals surface area (Å²) in [6.45, 7) is 0.705. The summed E-state index contributed by atoms with van der Waals surface area (Å²) < 4.78 is 11.7. The van der Waals surface area contributed by atoms with E-state index in [9.17, 15) is 4.79 Å². The summed E-state index contributed by atoms with van der Waals surface area (Å²) in [4.78, 5) is 17.6. The number of pyridine rings is 1. The van der Waals surface area contributed by atoms with E-state index in [1.54, 1.807) is 23.9 Å². The van der Waals surface area contributed by atoms with Gasteiger partial charge in [0.25, 0.3) is 0 Å². The Morgan fingerprint density at radius 2 is 2.08 bits per heavy atom. The number of rotatable bonds is 6. The van der Waals surface area contributed by atoms with Crippen LogP contribution in [-0.4, -0.2) is 29.9 Å². The highest BCUT2D eigenvalue weighted by Crippen LogP contribution is 2.32. The summed E-state index contributed by atoms with van der Waals surface area (Å²) >= 11 is 13.8. The lowest BCUT2D eigenvalue weighted by Gasteiger charge is -2.24. The number of halogens is 2. The molecule has 1 fully saturated rings. The van der Waals surface area contributed by atoms with Crippen LogP contribution in [0, 0.1) is 0 Å². The van der Waals surface area contributed by atoms with Crippen molar-refractivity contribution < 1.29 is 14.3 Å². The van der Waals surface area contributed by atoms with Gasteiger partial charge < -0.3 is 9.47 Å². The van der Waals surface area contributed by atoms with Crippen LogP contribution < -0.4 is 4.74 Å². The van der Waals surface area contributed by atoms with Crippen LogP contribution in [0.2, 0.25) is 10.0 Å². The lowest BCUT2D eigenvalue weighted by Crippen LogP contribution is -2.25. The minimum atomic E-state index is -0.260. The smallest absolute Gasteiger partial charge is 0.199 e. The van der Waals surface area contributed by atoms with Crippen molar-refractivity contribution in [3.05, 3.63) is 51.8 Å². The van der Waals surface area contributed by atoms with Gasteiger partial charge in [0.15, 0.2) is 12.1 Å². The molecule has 1 aromatic heterocycles. The lowest BCUT2D eigenvalue weighted by molar-refractivity contribution is -0.107. The van der Waals surface area contributed by atoms with Crippen molar-refractivity contribution in [1.82, 2.24) is 4.98 Å². The molecule has 3 rings (SSSR count). The third-order valence-corrected chi connectivity index (χ3v) is 5.60. The number of hydrogen-bond donors (Lipinski definition) is 0. The number of aromatic nitrogens is 1. The zero-order valence-corrected chi connectivity index (χ0v) is 16.7. The second kappa shape index (κ2) is 9.09. The Kier molecular flexibility index (Phi) is 6.81. The van der Waals surface area contributed by atoms with E-state index in [0.717, 1.165) is 24.2 Å². The first-order valence-electron chi connectivity index (χ1n) is 8.36. The SMILES string of the molecule is CSc1ccc(C(=O)Cc2c(Cl)cncc2Cl)cc1OC1CCCCO1. The molecule has 26 heavy (non-hydrogen) atoms. The Morgan fingerprint density at radius 3 is 2.73 bits per heavy atom. The third kappa shape index (κ3) is 4.71. The predicted molar refractivity (Wildman–Crippen MR) is 105 cm³/mol. The standard InChI is InChI=1S/C19H19Cl2NO3S/c1-26-18-6-5-12(8-17(18)25-19-4-2-3-7-24-19)16(23)9-13-14(20)10-22-11-15(13)21/h5-6,8,10-11,19H,2-4,7,9H2,1H3. The van der Waals surface area contributed by atoms with Crippen LogP contribution >= 0.6 is 35.0 Å². The van der Waals surface area contributed by atoms with E-state index >= 15 is 0 Å². The molecule has 1 aliphatic rings. The van der Waals surface area contributed by atoms with E-state index in [0.29, 0.717) is 33.5 Å². The summed E-state index contributed by atoms with van der Waals surface area (Å²) in [5.41, 5.74) is 1.14. The third-order valence-electron chi connectivity index (χ3n) is 4.17. The molecule has 0 spiro atoms. The van der Waals surface area contributed by atoms with E-state index < -0.39 is 0 Å². The van der Waals surface area contributed by atoms with Crippen LogP contribution in [0.15, 0.2) is 35.5 Å². The zero-order chi connectivity index (χ0) is 18.5. The summed E-state index contributed by atoms with van der Waals surface area (Å²) in [7, 11) is 0. The van der Waals surface area contributed by atoms with Gasteiger partial charge in [0.2, 0.25) is 0 Å². The number of Topliss-reactive ketones (excluding diaryl/α,β-unsaturated/α-hetero) is 1. The average Bonchev–Trinajstić information content (AvgIpc) is 2.65. The molecular formula is C19H19Cl2NO3S. The van der Waals surface area contributed by atoms with Gasteiger partial charge in [0.05, 0.1) is 16.7 Å². The van der Waals surface area contributed by atoms with Gasteiger partial charge in [-0.25, -0.2) is 0 Å². The van der Waals surface area contributed by atoms with Gasteiger partial charge in [-0.2, -0.15) is 0 Å². The number of nitrogens with zero attached hydrogens (tertiary/aromatic N) is 1. The highest BCUT2D eigenvalue weighted by molar-refractivity contribution is 7.98. The lowest BCUT2D eigenvalue weighted by atomic mass is 10.0. The van der Waals surface area contributed by atoms with Crippen molar-refractivity contribution in [1.29, 1.82) is 0 Å². The number of carbonyl (C=O) groups excluding carboxylic acids is 1. The number of carbonyl (C=O) groups is 1. The quantitative estimate of drug-likeness (QED) is 0.467. The maximum Gasteiger partial charge on any atom is 0.199 e. The van der Waals surface area contributed by atoms with Crippen molar-refractivity contribution in [3.63, 3.8) is 0 Å². The minimum Gasteiger partial charge on any atom is -0.464 e. The normalized spacial score (nSPS) is 17.1. The number of thioether (sulfide) groups is 1. The second-order valence-corrected chi connectivity index (χ2v) is 7.62.